The Morgan fingerprint density at radius 2 is 1.44 bits per heavy atom. The molecule has 0 spiro atoms. The van der Waals surface area contributed by atoms with Gasteiger partial charge in [0.25, 0.3) is 20.4 Å². The Morgan fingerprint density at radius 1 is 1.06 bits per heavy atom. The maximum atomic E-state index is 7.50. The molecule has 0 aromatic rings. The minimum absolute atomic E-state index is 0.297. The third kappa shape index (κ3) is 8.33. The molecule has 3 nitrogen and oxygen atoms in total. The Bertz CT molecular complexity index is 234. The van der Waals surface area contributed by atoms with Crippen molar-refractivity contribution in [3.63, 3.8) is 0 Å². The smallest absolute Gasteiger partial charge is 0.281 e. The number of rotatable bonds is 0. The summed E-state index contributed by atoms with van der Waals surface area (Å²) in [6, 6.07) is 0. The van der Waals surface area contributed by atoms with E-state index >= 15 is 0 Å². The van der Waals surface area contributed by atoms with Gasteiger partial charge in [-0.1, -0.05) is 0 Å². The van der Waals surface area contributed by atoms with Crippen molar-refractivity contribution in [2.24, 2.45) is 5.41 Å². The normalized spacial score (nSPS) is 12.5. The van der Waals surface area contributed by atoms with E-state index in [9.17, 15) is 0 Å². The summed E-state index contributed by atoms with van der Waals surface area (Å²) in [7, 11) is 0. The van der Waals surface area contributed by atoms with E-state index in [0.29, 0.717) is 5.41 Å². The first-order valence-electron chi connectivity index (χ1n) is 4.19. The summed E-state index contributed by atoms with van der Waals surface area (Å²) in [5.41, 5.74) is 1.73. The molecule has 0 aromatic heterocycles. The summed E-state index contributed by atoms with van der Waals surface area (Å²) in [4.78, 5) is 22.5. The van der Waals surface area contributed by atoms with Gasteiger partial charge in [-0.2, -0.15) is 0 Å². The fraction of sp³-hybridized carbons (Fsp3) is 0.417. The predicted octanol–water partition coefficient (Wildman–Crippen LogP) is 1.60. The molecule has 0 bridgehead atoms. The number of allylic oxidation sites excluding steroid dienone is 4. The average molecular weight is 260 g/mol. The number of carbonyl (C=O) groups excluding carboxylic acids is 3. The number of hydrogen-bond acceptors (Lipinski definition) is 3. The van der Waals surface area contributed by atoms with E-state index in [-0.39, 0.29) is 0 Å². The van der Waals surface area contributed by atoms with Gasteiger partial charge in [0.2, 0.25) is 0 Å². The fourth-order valence-corrected chi connectivity index (χ4v) is 1.82. The second-order valence-electron chi connectivity index (χ2n) is 3.68. The third-order valence-electron chi connectivity index (χ3n) is 1.68. The first-order valence-corrected chi connectivity index (χ1v) is 4.78. The average Bonchev–Trinajstić information content (AvgIpc) is 2.73. The molecular formula is C12H13MnO3. The second-order valence-corrected chi connectivity index (χ2v) is 4.39. The van der Waals surface area contributed by atoms with Crippen LogP contribution in [0.15, 0.2) is 22.2 Å². The van der Waals surface area contributed by atoms with Gasteiger partial charge in [-0.3, -0.25) is 14.4 Å². The Labute approximate surface area is 106 Å². The van der Waals surface area contributed by atoms with Gasteiger partial charge in [0.15, 0.2) is 0 Å². The Morgan fingerprint density at radius 3 is 1.56 bits per heavy atom. The monoisotopic (exact) mass is 260 g/mol. The van der Waals surface area contributed by atoms with E-state index in [1.54, 1.807) is 0 Å². The van der Waals surface area contributed by atoms with Crippen molar-refractivity contribution in [1.29, 1.82) is 0 Å². The van der Waals surface area contributed by atoms with Crippen LogP contribution in [0.2, 0.25) is 0 Å². The minimum Gasteiger partial charge on any atom is -0.281 e. The van der Waals surface area contributed by atoms with E-state index in [2.05, 4.69) is 69.3 Å². The topological polar surface area (TPSA) is 51.2 Å². The maximum absolute atomic E-state index is 7.50. The van der Waals surface area contributed by atoms with Crippen LogP contribution in [-0.4, -0.2) is 20.4 Å². The molecule has 0 unspecified atom stereocenters. The van der Waals surface area contributed by atoms with Gasteiger partial charge < -0.3 is 0 Å². The second kappa shape index (κ2) is 12.1. The summed E-state index contributed by atoms with van der Waals surface area (Å²) < 4.78 is 1.35. The van der Waals surface area contributed by atoms with Crippen LogP contribution >= 0.6 is 0 Å². The zero-order valence-electron chi connectivity index (χ0n) is 9.46. The van der Waals surface area contributed by atoms with Crippen LogP contribution in [0.5, 0.6) is 0 Å². The van der Waals surface area contributed by atoms with E-state index in [4.69, 9.17) is 14.4 Å². The first-order chi connectivity index (χ1) is 7.52. The quantitative estimate of drug-likeness (QED) is 0.622. The zero-order valence-corrected chi connectivity index (χ0v) is 10.6. The van der Waals surface area contributed by atoms with Gasteiger partial charge in [-0.15, -0.1) is 0 Å². The third-order valence-corrected chi connectivity index (χ3v) is 2.24. The van der Waals surface area contributed by atoms with Gasteiger partial charge in [-0.05, 0) is 0 Å². The van der Waals surface area contributed by atoms with Crippen LogP contribution in [0.25, 0.3) is 0 Å². The molecule has 0 saturated carbocycles. The molecule has 0 amide bonds. The molecule has 86 valence electrons. The van der Waals surface area contributed by atoms with Crippen LogP contribution in [0.1, 0.15) is 27.2 Å². The van der Waals surface area contributed by atoms with Gasteiger partial charge in [0.05, 0.1) is 0 Å². The summed E-state index contributed by atoms with van der Waals surface area (Å²) in [5, 5.41) is 0. The van der Waals surface area contributed by atoms with E-state index in [1.165, 1.54) is 10.0 Å². The van der Waals surface area contributed by atoms with Crippen LogP contribution in [0, 0.1) is 5.41 Å². The Hall–Kier alpha value is -0.991. The maximum Gasteiger partial charge on any atom is 0.281 e. The Balaban J connectivity index is -0.000000245. The summed E-state index contributed by atoms with van der Waals surface area (Å²) >= 11 is 3.56. The standard InChI is InChI=1S/C9H13.3CO.Mn/c1-9(2,3)8-6-4-5-7-8;3*1-2;/h4,6H,5H2,1-3H3;;;;. The van der Waals surface area contributed by atoms with Crippen molar-refractivity contribution in [1.82, 2.24) is 0 Å². The molecule has 0 saturated heterocycles. The molecular weight excluding hydrogens is 247 g/mol. The van der Waals surface area contributed by atoms with Crippen LogP contribution in [-0.2, 0) is 30.4 Å². The van der Waals surface area contributed by atoms with Crippen molar-refractivity contribution in [3.8, 4) is 0 Å². The van der Waals surface area contributed by atoms with Gasteiger partial charge in [0.1, 0.15) is 0 Å². The van der Waals surface area contributed by atoms with Crippen molar-refractivity contribution < 1.29 is 30.4 Å². The molecule has 0 fully saturated rings. The summed E-state index contributed by atoms with van der Waals surface area (Å²) in [5.74, 6) is 0. The molecule has 0 heterocycles. The van der Waals surface area contributed by atoms with Crippen molar-refractivity contribution in [2.45, 2.75) is 27.2 Å². The van der Waals surface area contributed by atoms with Crippen LogP contribution in [0.4, 0.5) is 0 Å². The predicted molar refractivity (Wildman–Crippen MR) is 57.3 cm³/mol. The molecule has 1 rings (SSSR count). The molecule has 1 aliphatic carbocycles. The first kappa shape index (κ1) is 20.4. The van der Waals surface area contributed by atoms with E-state index < -0.39 is 0 Å². The largest absolute Gasteiger partial charge is 0.281 e. The SMILES string of the molecule is CC(C)(C)C1=[C]([Mn])CC=C1.[C]=O.[C]=O.[C]=O. The van der Waals surface area contributed by atoms with Gasteiger partial charge in [0, 0.05) is 0 Å². The summed E-state index contributed by atoms with van der Waals surface area (Å²) in [6.07, 6.45) is 5.49. The van der Waals surface area contributed by atoms with Crippen LogP contribution < -0.4 is 0 Å². The van der Waals surface area contributed by atoms with Gasteiger partial charge >= 0.3 is 70.8 Å². The fourth-order valence-electron chi connectivity index (χ4n) is 1.14. The van der Waals surface area contributed by atoms with Crippen molar-refractivity contribution in [2.75, 3.05) is 0 Å². The van der Waals surface area contributed by atoms with E-state index in [0.717, 1.165) is 6.42 Å². The molecule has 16 heavy (non-hydrogen) atoms. The Kier molecular flexibility index (Phi) is 15.4. The molecule has 4 heteroatoms. The molecule has 0 atom stereocenters. The van der Waals surface area contributed by atoms with Crippen molar-refractivity contribution >= 4 is 20.4 Å². The molecule has 6 radical (unpaired) electrons. The van der Waals surface area contributed by atoms with Gasteiger partial charge in [-0.25, -0.2) is 0 Å². The molecule has 1 aliphatic rings. The molecule has 0 N–H and O–H groups in total. The minimum atomic E-state index is 0.297. The number of hydrogen-bond donors (Lipinski definition) is 0. The zero-order chi connectivity index (χ0) is 13.8. The van der Waals surface area contributed by atoms with Crippen molar-refractivity contribution in [3.05, 3.63) is 22.2 Å². The van der Waals surface area contributed by atoms with Crippen LogP contribution in [0.3, 0.4) is 0 Å². The molecule has 0 aromatic carbocycles. The molecule has 0 aliphatic heterocycles. The summed E-state index contributed by atoms with van der Waals surface area (Å²) in [6.45, 7) is 20.2. The van der Waals surface area contributed by atoms with E-state index in [1.807, 2.05) is 0 Å².